The molecule has 0 aliphatic carbocycles. The summed E-state index contributed by atoms with van der Waals surface area (Å²) < 4.78 is 11.2. The fourth-order valence-corrected chi connectivity index (χ4v) is 3.89. The second-order valence-corrected chi connectivity index (χ2v) is 7.68. The van der Waals surface area contributed by atoms with Gasteiger partial charge < -0.3 is 14.5 Å². The minimum Gasteiger partial charge on any atom is -0.497 e. The van der Waals surface area contributed by atoms with Crippen molar-refractivity contribution in [3.8, 4) is 17.2 Å². The molecule has 162 valence electrons. The van der Waals surface area contributed by atoms with Crippen LogP contribution in [0.2, 0.25) is 0 Å². The number of ether oxygens (including phenoxy) is 1. The maximum absolute atomic E-state index is 13.4. The third-order valence-electron chi connectivity index (χ3n) is 5.50. The van der Waals surface area contributed by atoms with Crippen LogP contribution in [0, 0.1) is 0 Å². The van der Waals surface area contributed by atoms with Gasteiger partial charge in [0.15, 0.2) is 5.58 Å². The van der Waals surface area contributed by atoms with Crippen molar-refractivity contribution in [2.24, 2.45) is 0 Å². The van der Waals surface area contributed by atoms with E-state index in [4.69, 9.17) is 9.15 Å². The Morgan fingerprint density at radius 1 is 0.848 bits per heavy atom. The maximum atomic E-state index is 13.4. The zero-order valence-corrected chi connectivity index (χ0v) is 18.1. The van der Waals surface area contributed by atoms with Crippen LogP contribution in [0.1, 0.15) is 17.0 Å². The summed E-state index contributed by atoms with van der Waals surface area (Å²) in [6.45, 7) is 0. The van der Waals surface area contributed by atoms with E-state index >= 15 is 0 Å². The number of anilines is 1. The largest absolute Gasteiger partial charge is 0.497 e. The van der Waals surface area contributed by atoms with Crippen LogP contribution >= 0.6 is 0 Å². The van der Waals surface area contributed by atoms with Gasteiger partial charge in [0, 0.05) is 17.3 Å². The second kappa shape index (κ2) is 9.01. The van der Waals surface area contributed by atoms with Crippen LogP contribution < -0.4 is 10.1 Å². The van der Waals surface area contributed by atoms with Crippen molar-refractivity contribution in [3.05, 3.63) is 114 Å². The fourth-order valence-electron chi connectivity index (χ4n) is 3.89. The maximum Gasteiger partial charge on any atom is 0.236 e. The Morgan fingerprint density at radius 2 is 1.55 bits per heavy atom. The first kappa shape index (κ1) is 20.5. The summed E-state index contributed by atoms with van der Waals surface area (Å²) >= 11 is 0. The molecule has 0 aliphatic rings. The van der Waals surface area contributed by atoms with E-state index in [-0.39, 0.29) is 5.91 Å². The van der Waals surface area contributed by atoms with Crippen LogP contribution in [-0.4, -0.2) is 18.0 Å². The number of aromatic nitrogens is 1. The smallest absolute Gasteiger partial charge is 0.236 e. The van der Waals surface area contributed by atoms with E-state index in [2.05, 4.69) is 10.3 Å². The third-order valence-corrected chi connectivity index (χ3v) is 5.50. The van der Waals surface area contributed by atoms with E-state index in [0.29, 0.717) is 22.7 Å². The summed E-state index contributed by atoms with van der Waals surface area (Å²) in [6.07, 6.45) is 0. The number of methoxy groups -OCH3 is 1. The van der Waals surface area contributed by atoms with Crippen molar-refractivity contribution in [1.82, 2.24) is 4.98 Å². The molecule has 0 unspecified atom stereocenters. The van der Waals surface area contributed by atoms with Gasteiger partial charge in [-0.2, -0.15) is 0 Å². The minimum absolute atomic E-state index is 0.105. The van der Waals surface area contributed by atoms with Crippen LogP contribution in [0.25, 0.3) is 22.6 Å². The Balaban J connectivity index is 1.44. The summed E-state index contributed by atoms with van der Waals surface area (Å²) in [4.78, 5) is 18.0. The third kappa shape index (κ3) is 4.34. The molecule has 5 heteroatoms. The molecule has 1 N–H and O–H groups in total. The first-order valence-electron chi connectivity index (χ1n) is 10.7. The summed E-state index contributed by atoms with van der Waals surface area (Å²) in [5, 5.41) is 3.07. The lowest BCUT2D eigenvalue weighted by Gasteiger charge is -2.18. The molecule has 0 atom stereocenters. The number of hydrogen-bond donors (Lipinski definition) is 1. The standard InChI is InChI=1S/C28H22N2O3/c1-32-23-15-16-25-24(18-23)30-28(33-25)21-13-8-14-22(17-21)29-27(31)26(19-9-4-2-5-10-19)20-11-6-3-7-12-20/h2-18,26H,1H3,(H,29,31). The van der Waals surface area contributed by atoms with Crippen molar-refractivity contribution in [2.45, 2.75) is 5.92 Å². The molecule has 1 amide bonds. The molecule has 0 saturated carbocycles. The average Bonchev–Trinajstić information content (AvgIpc) is 3.29. The number of oxazole rings is 1. The van der Waals surface area contributed by atoms with Crippen LogP contribution in [0.15, 0.2) is 108 Å². The topological polar surface area (TPSA) is 64.4 Å². The molecule has 5 rings (SSSR count). The van der Waals surface area contributed by atoms with E-state index in [1.165, 1.54) is 0 Å². The monoisotopic (exact) mass is 434 g/mol. The van der Waals surface area contributed by atoms with E-state index in [9.17, 15) is 4.79 Å². The van der Waals surface area contributed by atoms with E-state index < -0.39 is 5.92 Å². The van der Waals surface area contributed by atoms with E-state index in [0.717, 1.165) is 22.4 Å². The number of carbonyl (C=O) groups excluding carboxylic acids is 1. The Hall–Kier alpha value is -4.38. The Morgan fingerprint density at radius 3 is 2.21 bits per heavy atom. The van der Waals surface area contributed by atoms with Gasteiger partial charge in [0.25, 0.3) is 0 Å². The number of rotatable bonds is 6. The fraction of sp³-hybridized carbons (Fsp3) is 0.0714. The van der Waals surface area contributed by atoms with Gasteiger partial charge in [0.1, 0.15) is 11.3 Å². The van der Waals surface area contributed by atoms with Crippen molar-refractivity contribution in [1.29, 1.82) is 0 Å². The van der Waals surface area contributed by atoms with Crippen molar-refractivity contribution in [2.75, 3.05) is 12.4 Å². The number of nitrogens with one attached hydrogen (secondary N) is 1. The normalized spacial score (nSPS) is 11.0. The Kier molecular flexibility index (Phi) is 5.60. The van der Waals surface area contributed by atoms with Gasteiger partial charge in [0.05, 0.1) is 13.0 Å². The molecule has 5 aromatic rings. The number of hydrogen-bond acceptors (Lipinski definition) is 4. The summed E-state index contributed by atoms with van der Waals surface area (Å²) in [6, 6.07) is 32.6. The number of benzene rings is 4. The highest BCUT2D eigenvalue weighted by Gasteiger charge is 2.23. The summed E-state index contributed by atoms with van der Waals surface area (Å²) in [5.74, 6) is 0.674. The number of carbonyl (C=O) groups is 1. The highest BCUT2D eigenvalue weighted by Crippen LogP contribution is 2.30. The van der Waals surface area contributed by atoms with Gasteiger partial charge in [-0.05, 0) is 41.5 Å². The lowest BCUT2D eigenvalue weighted by atomic mass is 9.90. The van der Waals surface area contributed by atoms with Gasteiger partial charge in [-0.25, -0.2) is 4.98 Å². The van der Waals surface area contributed by atoms with Crippen molar-refractivity contribution >= 4 is 22.7 Å². The first-order chi connectivity index (χ1) is 16.2. The summed E-state index contributed by atoms with van der Waals surface area (Å²) in [7, 11) is 1.62. The molecule has 0 bridgehead atoms. The minimum atomic E-state index is -0.423. The second-order valence-electron chi connectivity index (χ2n) is 7.68. The average molecular weight is 434 g/mol. The lowest BCUT2D eigenvalue weighted by molar-refractivity contribution is -0.116. The number of amides is 1. The molecule has 1 aromatic heterocycles. The van der Waals surface area contributed by atoms with Gasteiger partial charge >= 0.3 is 0 Å². The van der Waals surface area contributed by atoms with Gasteiger partial charge in [-0.3, -0.25) is 4.79 Å². The molecular weight excluding hydrogens is 412 g/mol. The van der Waals surface area contributed by atoms with Crippen molar-refractivity contribution < 1.29 is 13.9 Å². The van der Waals surface area contributed by atoms with Crippen molar-refractivity contribution in [3.63, 3.8) is 0 Å². The van der Waals surface area contributed by atoms with Crippen LogP contribution in [0.5, 0.6) is 5.75 Å². The molecule has 1 heterocycles. The zero-order valence-electron chi connectivity index (χ0n) is 18.1. The molecule has 0 fully saturated rings. The Labute approximate surface area is 191 Å². The predicted molar refractivity (Wildman–Crippen MR) is 129 cm³/mol. The summed E-state index contributed by atoms with van der Waals surface area (Å²) in [5.41, 5.74) is 4.71. The number of nitrogens with zero attached hydrogens (tertiary/aromatic N) is 1. The van der Waals surface area contributed by atoms with Gasteiger partial charge in [-0.1, -0.05) is 66.7 Å². The van der Waals surface area contributed by atoms with Crippen LogP contribution in [-0.2, 0) is 4.79 Å². The van der Waals surface area contributed by atoms with E-state index in [1.807, 2.05) is 103 Å². The molecule has 4 aromatic carbocycles. The Bertz CT molecular complexity index is 1360. The molecule has 5 nitrogen and oxygen atoms in total. The number of fused-ring (bicyclic) bond motifs is 1. The van der Waals surface area contributed by atoms with E-state index in [1.54, 1.807) is 7.11 Å². The lowest BCUT2D eigenvalue weighted by Crippen LogP contribution is -2.22. The van der Waals surface area contributed by atoms with Crippen LogP contribution in [0.4, 0.5) is 5.69 Å². The van der Waals surface area contributed by atoms with Gasteiger partial charge in [-0.15, -0.1) is 0 Å². The quantitative estimate of drug-likeness (QED) is 0.342. The first-order valence-corrected chi connectivity index (χ1v) is 10.7. The molecule has 0 spiro atoms. The molecule has 0 radical (unpaired) electrons. The highest BCUT2D eigenvalue weighted by molar-refractivity contribution is 5.98. The predicted octanol–water partition coefficient (Wildman–Crippen LogP) is 6.27. The molecule has 33 heavy (non-hydrogen) atoms. The zero-order chi connectivity index (χ0) is 22.6. The molecule has 0 saturated heterocycles. The molecule has 0 aliphatic heterocycles. The highest BCUT2D eigenvalue weighted by atomic mass is 16.5. The van der Waals surface area contributed by atoms with Crippen LogP contribution in [0.3, 0.4) is 0 Å². The van der Waals surface area contributed by atoms with Gasteiger partial charge in [0.2, 0.25) is 11.8 Å². The SMILES string of the molecule is COc1ccc2oc(-c3cccc(NC(=O)C(c4ccccc4)c4ccccc4)c3)nc2c1. The molecular formula is C28H22N2O3.